The summed E-state index contributed by atoms with van der Waals surface area (Å²) < 4.78 is 6.26. The van der Waals surface area contributed by atoms with Gasteiger partial charge < -0.3 is 14.7 Å². The minimum atomic E-state index is -0.972. The van der Waals surface area contributed by atoms with Gasteiger partial charge in [-0.1, -0.05) is 11.6 Å². The zero-order valence-corrected chi connectivity index (χ0v) is 13.7. The Kier molecular flexibility index (Phi) is 5.11. The standard InChI is InChI=1S/C14H15BrClNO4/c1-8(21-12-5-4-9(16)7-10(12)15)13(18)17-6-2-3-11(17)14(19)20/h4-5,7-8,11H,2-3,6H2,1H3,(H,19,20)/t8?,11-/m0/s1. The highest BCUT2D eigenvalue weighted by atomic mass is 79.9. The number of nitrogens with zero attached hydrogens (tertiary/aromatic N) is 1. The first kappa shape index (κ1) is 16.1. The van der Waals surface area contributed by atoms with Crippen LogP contribution < -0.4 is 4.74 Å². The lowest BCUT2D eigenvalue weighted by Gasteiger charge is -2.25. The summed E-state index contributed by atoms with van der Waals surface area (Å²) in [7, 11) is 0. The first-order valence-electron chi connectivity index (χ1n) is 6.55. The number of hydrogen-bond acceptors (Lipinski definition) is 3. The second-order valence-electron chi connectivity index (χ2n) is 4.86. The van der Waals surface area contributed by atoms with Crippen LogP contribution in [0.5, 0.6) is 5.75 Å². The summed E-state index contributed by atoms with van der Waals surface area (Å²) in [6, 6.07) is 4.24. The Labute approximate surface area is 136 Å². The molecule has 1 saturated heterocycles. The quantitative estimate of drug-likeness (QED) is 0.877. The van der Waals surface area contributed by atoms with E-state index in [0.717, 1.165) is 0 Å². The van der Waals surface area contributed by atoms with Crippen LogP contribution >= 0.6 is 27.5 Å². The number of carboxylic acids is 1. The summed E-state index contributed by atoms with van der Waals surface area (Å²) in [5.41, 5.74) is 0. The van der Waals surface area contributed by atoms with E-state index in [2.05, 4.69) is 15.9 Å². The van der Waals surface area contributed by atoms with Gasteiger partial charge in [-0.2, -0.15) is 0 Å². The molecule has 21 heavy (non-hydrogen) atoms. The third-order valence-corrected chi connectivity index (χ3v) is 4.22. The van der Waals surface area contributed by atoms with Crippen LogP contribution in [0.3, 0.4) is 0 Å². The van der Waals surface area contributed by atoms with Crippen LogP contribution in [-0.4, -0.2) is 40.6 Å². The van der Waals surface area contributed by atoms with Crippen molar-refractivity contribution in [1.29, 1.82) is 0 Å². The van der Waals surface area contributed by atoms with Gasteiger partial charge >= 0.3 is 5.97 Å². The third kappa shape index (κ3) is 3.68. The van der Waals surface area contributed by atoms with E-state index in [-0.39, 0.29) is 5.91 Å². The van der Waals surface area contributed by atoms with E-state index in [1.807, 2.05) is 0 Å². The third-order valence-electron chi connectivity index (χ3n) is 3.37. The largest absolute Gasteiger partial charge is 0.480 e. The van der Waals surface area contributed by atoms with Crippen LogP contribution in [0.2, 0.25) is 5.02 Å². The molecule has 0 aromatic heterocycles. The van der Waals surface area contributed by atoms with Gasteiger partial charge in [0.05, 0.1) is 4.47 Å². The number of carboxylic acid groups (broad SMARTS) is 1. The molecule has 1 heterocycles. The molecule has 2 atom stereocenters. The van der Waals surface area contributed by atoms with Gasteiger partial charge in [-0.05, 0) is 53.9 Å². The Morgan fingerprint density at radius 1 is 1.52 bits per heavy atom. The van der Waals surface area contributed by atoms with E-state index in [1.165, 1.54) is 4.90 Å². The molecule has 0 spiro atoms. The number of rotatable bonds is 4. The number of ether oxygens (including phenoxy) is 1. The molecule has 2 rings (SSSR count). The van der Waals surface area contributed by atoms with Crippen LogP contribution in [0, 0.1) is 0 Å². The van der Waals surface area contributed by atoms with Crippen molar-refractivity contribution in [3.63, 3.8) is 0 Å². The van der Waals surface area contributed by atoms with Crippen molar-refractivity contribution in [1.82, 2.24) is 4.90 Å². The number of carbonyl (C=O) groups is 2. The van der Waals surface area contributed by atoms with Gasteiger partial charge in [-0.15, -0.1) is 0 Å². The molecule has 1 unspecified atom stereocenters. The highest BCUT2D eigenvalue weighted by Gasteiger charge is 2.36. The van der Waals surface area contributed by atoms with Gasteiger partial charge in [0, 0.05) is 11.6 Å². The summed E-state index contributed by atoms with van der Waals surface area (Å²) in [4.78, 5) is 24.8. The fraction of sp³-hybridized carbons (Fsp3) is 0.429. The summed E-state index contributed by atoms with van der Waals surface area (Å²) in [5, 5.41) is 9.68. The molecule has 1 aromatic rings. The van der Waals surface area contributed by atoms with Crippen LogP contribution in [0.25, 0.3) is 0 Å². The van der Waals surface area contributed by atoms with Gasteiger partial charge in [0.1, 0.15) is 11.8 Å². The average molecular weight is 377 g/mol. The predicted molar refractivity (Wildman–Crippen MR) is 81.6 cm³/mol. The SMILES string of the molecule is CC(Oc1ccc(Cl)cc1Br)C(=O)N1CCC[C@H]1C(=O)O. The first-order valence-corrected chi connectivity index (χ1v) is 7.72. The lowest BCUT2D eigenvalue weighted by atomic mass is 10.2. The summed E-state index contributed by atoms with van der Waals surface area (Å²) in [5.74, 6) is -0.797. The average Bonchev–Trinajstić information content (AvgIpc) is 2.90. The summed E-state index contributed by atoms with van der Waals surface area (Å²) >= 11 is 9.16. The van der Waals surface area contributed by atoms with Crippen LogP contribution in [0.15, 0.2) is 22.7 Å². The van der Waals surface area contributed by atoms with E-state index in [1.54, 1.807) is 25.1 Å². The molecule has 1 aromatic carbocycles. The first-order chi connectivity index (χ1) is 9.90. The normalized spacial score (nSPS) is 19.4. The van der Waals surface area contributed by atoms with Crippen LogP contribution in [0.1, 0.15) is 19.8 Å². The fourth-order valence-electron chi connectivity index (χ4n) is 2.33. The topological polar surface area (TPSA) is 66.8 Å². The number of benzene rings is 1. The smallest absolute Gasteiger partial charge is 0.326 e. The van der Waals surface area contributed by atoms with Crippen molar-refractivity contribution >= 4 is 39.4 Å². The van der Waals surface area contributed by atoms with E-state index >= 15 is 0 Å². The molecule has 0 aliphatic carbocycles. The zero-order valence-electron chi connectivity index (χ0n) is 11.4. The van der Waals surface area contributed by atoms with E-state index < -0.39 is 18.1 Å². The maximum absolute atomic E-state index is 12.3. The monoisotopic (exact) mass is 375 g/mol. The molecule has 1 aliphatic rings. The predicted octanol–water partition coefficient (Wildman–Crippen LogP) is 2.95. The molecule has 0 bridgehead atoms. The lowest BCUT2D eigenvalue weighted by Crippen LogP contribution is -2.46. The number of halogens is 2. The molecule has 1 N–H and O–H groups in total. The van der Waals surface area contributed by atoms with Crippen molar-refractivity contribution in [2.45, 2.75) is 31.9 Å². The Balaban J connectivity index is 2.07. The second kappa shape index (κ2) is 6.66. The molecule has 5 nitrogen and oxygen atoms in total. The zero-order chi connectivity index (χ0) is 15.6. The molecular formula is C14H15BrClNO4. The van der Waals surface area contributed by atoms with Gasteiger partial charge in [-0.3, -0.25) is 4.79 Å². The highest BCUT2D eigenvalue weighted by Crippen LogP contribution is 2.29. The van der Waals surface area contributed by atoms with Crippen molar-refractivity contribution in [2.24, 2.45) is 0 Å². The summed E-state index contributed by atoms with van der Waals surface area (Å²) in [6.07, 6.45) is 0.417. The Morgan fingerprint density at radius 2 is 2.24 bits per heavy atom. The Hall–Kier alpha value is -1.27. The lowest BCUT2D eigenvalue weighted by molar-refractivity contribution is -0.150. The number of likely N-dealkylation sites (tertiary alicyclic amines) is 1. The van der Waals surface area contributed by atoms with Gasteiger partial charge in [0.15, 0.2) is 6.10 Å². The fourth-order valence-corrected chi connectivity index (χ4v) is 3.11. The Morgan fingerprint density at radius 3 is 2.86 bits per heavy atom. The molecule has 7 heteroatoms. The maximum atomic E-state index is 12.3. The van der Waals surface area contributed by atoms with Gasteiger partial charge in [0.25, 0.3) is 5.91 Å². The highest BCUT2D eigenvalue weighted by molar-refractivity contribution is 9.10. The number of carbonyl (C=O) groups excluding carboxylic acids is 1. The number of aliphatic carboxylic acids is 1. The van der Waals surface area contributed by atoms with Crippen LogP contribution in [-0.2, 0) is 9.59 Å². The minimum absolute atomic E-state index is 0.318. The van der Waals surface area contributed by atoms with E-state index in [0.29, 0.717) is 34.6 Å². The number of hydrogen-bond donors (Lipinski definition) is 1. The molecule has 1 amide bonds. The van der Waals surface area contributed by atoms with Crippen molar-refractivity contribution < 1.29 is 19.4 Å². The van der Waals surface area contributed by atoms with Gasteiger partial charge in [-0.25, -0.2) is 4.79 Å². The molecular weight excluding hydrogens is 362 g/mol. The minimum Gasteiger partial charge on any atom is -0.480 e. The van der Waals surface area contributed by atoms with Crippen molar-refractivity contribution in [3.8, 4) is 5.75 Å². The van der Waals surface area contributed by atoms with E-state index in [4.69, 9.17) is 21.4 Å². The molecule has 1 aliphatic heterocycles. The van der Waals surface area contributed by atoms with Gasteiger partial charge in [0.2, 0.25) is 0 Å². The molecule has 1 fully saturated rings. The van der Waals surface area contributed by atoms with E-state index in [9.17, 15) is 9.59 Å². The van der Waals surface area contributed by atoms with Crippen molar-refractivity contribution in [2.75, 3.05) is 6.54 Å². The maximum Gasteiger partial charge on any atom is 0.326 e. The molecule has 0 saturated carbocycles. The second-order valence-corrected chi connectivity index (χ2v) is 6.15. The summed E-state index contributed by atoms with van der Waals surface area (Å²) in [6.45, 7) is 2.06. The molecule has 114 valence electrons. The Bertz CT molecular complexity index is 566. The number of amides is 1. The van der Waals surface area contributed by atoms with Crippen molar-refractivity contribution in [3.05, 3.63) is 27.7 Å². The molecule has 0 radical (unpaired) electrons. The van der Waals surface area contributed by atoms with Crippen LogP contribution in [0.4, 0.5) is 0 Å².